The van der Waals surface area contributed by atoms with Gasteiger partial charge in [0.25, 0.3) is 0 Å². The zero-order chi connectivity index (χ0) is 16.8. The minimum atomic E-state index is -0.176. The van der Waals surface area contributed by atoms with Gasteiger partial charge in [-0.2, -0.15) is 0 Å². The summed E-state index contributed by atoms with van der Waals surface area (Å²) < 4.78 is 5.56. The number of ether oxygens (including phenoxy) is 1. The van der Waals surface area contributed by atoms with Crippen LogP contribution in [0.15, 0.2) is 30.3 Å². The molecule has 2 saturated heterocycles. The number of hydrogen-bond donors (Lipinski definition) is 1. The molecule has 1 aromatic carbocycles. The molecule has 0 spiro atoms. The molecule has 1 amide bonds. The highest BCUT2D eigenvalue weighted by atomic mass is 16.5. The number of piperidine rings is 2. The van der Waals surface area contributed by atoms with Crippen molar-refractivity contribution in [3.8, 4) is 0 Å². The van der Waals surface area contributed by atoms with Gasteiger partial charge in [-0.25, -0.2) is 0 Å². The highest BCUT2D eigenvalue weighted by Crippen LogP contribution is 2.21. The van der Waals surface area contributed by atoms with Gasteiger partial charge in [0.05, 0.1) is 12.7 Å². The lowest BCUT2D eigenvalue weighted by Gasteiger charge is -2.41. The molecule has 132 valence electrons. The molecule has 0 aromatic heterocycles. The Balaban J connectivity index is 1.37. The number of amides is 1. The molecule has 1 atom stereocenters. The van der Waals surface area contributed by atoms with Crippen molar-refractivity contribution in [1.82, 2.24) is 9.80 Å². The summed E-state index contributed by atoms with van der Waals surface area (Å²) >= 11 is 0. The lowest BCUT2D eigenvalue weighted by Crippen LogP contribution is -2.51. The van der Waals surface area contributed by atoms with E-state index in [1.807, 2.05) is 35.2 Å². The third kappa shape index (κ3) is 4.79. The van der Waals surface area contributed by atoms with Crippen molar-refractivity contribution < 1.29 is 14.6 Å². The first-order chi connectivity index (χ1) is 11.7. The molecule has 1 N–H and O–H groups in total. The predicted octanol–water partition coefficient (Wildman–Crippen LogP) is 1.65. The van der Waals surface area contributed by atoms with Crippen LogP contribution in [0.2, 0.25) is 0 Å². The van der Waals surface area contributed by atoms with E-state index < -0.39 is 0 Å². The van der Waals surface area contributed by atoms with E-state index in [-0.39, 0.29) is 18.6 Å². The second-order valence-electron chi connectivity index (χ2n) is 6.88. The monoisotopic (exact) mass is 332 g/mol. The maximum absolute atomic E-state index is 12.3. The number of rotatable bonds is 5. The normalized spacial score (nSPS) is 23.4. The van der Waals surface area contributed by atoms with Crippen molar-refractivity contribution in [3.63, 3.8) is 0 Å². The second-order valence-corrected chi connectivity index (χ2v) is 6.88. The Bertz CT molecular complexity index is 515. The molecule has 5 nitrogen and oxygen atoms in total. The van der Waals surface area contributed by atoms with Crippen LogP contribution in [0.5, 0.6) is 0 Å². The first-order valence-corrected chi connectivity index (χ1v) is 9.04. The summed E-state index contributed by atoms with van der Waals surface area (Å²) in [7, 11) is 0. The molecule has 24 heavy (non-hydrogen) atoms. The Labute approximate surface area is 144 Å². The number of aliphatic hydroxyl groups excluding tert-OH is 1. The molecule has 3 rings (SSSR count). The molecule has 2 fully saturated rings. The van der Waals surface area contributed by atoms with E-state index in [0.29, 0.717) is 12.6 Å². The predicted molar refractivity (Wildman–Crippen MR) is 92.5 cm³/mol. The van der Waals surface area contributed by atoms with E-state index in [2.05, 4.69) is 4.90 Å². The Morgan fingerprint density at radius 2 is 1.88 bits per heavy atom. The molecular formula is C19H28N2O3. The third-order valence-electron chi connectivity index (χ3n) is 5.10. The molecule has 0 bridgehead atoms. The van der Waals surface area contributed by atoms with E-state index >= 15 is 0 Å². The first-order valence-electron chi connectivity index (χ1n) is 9.04. The number of benzene rings is 1. The highest BCUT2D eigenvalue weighted by molar-refractivity contribution is 5.77. The minimum Gasteiger partial charge on any atom is -0.392 e. The number of aliphatic hydroxyl groups is 1. The van der Waals surface area contributed by atoms with Crippen LogP contribution in [0.3, 0.4) is 0 Å². The van der Waals surface area contributed by atoms with Gasteiger partial charge in [0.1, 0.15) is 6.61 Å². The van der Waals surface area contributed by atoms with E-state index in [0.717, 1.165) is 57.4 Å². The van der Waals surface area contributed by atoms with Gasteiger partial charge in [-0.15, -0.1) is 0 Å². The summed E-state index contributed by atoms with van der Waals surface area (Å²) in [5.74, 6) is 0.0862. The summed E-state index contributed by atoms with van der Waals surface area (Å²) in [6, 6.07) is 10.4. The van der Waals surface area contributed by atoms with E-state index in [1.54, 1.807) is 0 Å². The average Bonchev–Trinajstić information content (AvgIpc) is 2.63. The smallest absolute Gasteiger partial charge is 0.248 e. The molecule has 2 heterocycles. The van der Waals surface area contributed by atoms with Crippen molar-refractivity contribution in [3.05, 3.63) is 35.9 Å². The molecule has 2 aliphatic heterocycles. The summed E-state index contributed by atoms with van der Waals surface area (Å²) in [4.78, 5) is 16.6. The van der Waals surface area contributed by atoms with Crippen LogP contribution in [-0.4, -0.2) is 65.7 Å². The summed E-state index contributed by atoms with van der Waals surface area (Å²) in [5.41, 5.74) is 1.09. The van der Waals surface area contributed by atoms with Crippen molar-refractivity contribution >= 4 is 5.91 Å². The van der Waals surface area contributed by atoms with E-state index in [1.165, 1.54) is 0 Å². The molecule has 2 aliphatic rings. The third-order valence-corrected chi connectivity index (χ3v) is 5.10. The standard InChI is InChI=1S/C19H28N2O3/c22-18-7-4-10-21(13-18)17-8-11-20(12-9-17)19(23)15-24-14-16-5-2-1-3-6-16/h1-3,5-6,17-18,22H,4,7-15H2/t18-/m1/s1. The topological polar surface area (TPSA) is 53.0 Å². The first kappa shape index (κ1) is 17.4. The number of hydrogen-bond acceptors (Lipinski definition) is 4. The van der Waals surface area contributed by atoms with Gasteiger partial charge in [-0.05, 0) is 37.8 Å². The number of likely N-dealkylation sites (tertiary alicyclic amines) is 2. The fraction of sp³-hybridized carbons (Fsp3) is 0.632. The maximum atomic E-state index is 12.3. The van der Waals surface area contributed by atoms with Gasteiger partial charge >= 0.3 is 0 Å². The van der Waals surface area contributed by atoms with E-state index in [9.17, 15) is 9.90 Å². The van der Waals surface area contributed by atoms with Gasteiger partial charge in [-0.3, -0.25) is 9.69 Å². The molecular weight excluding hydrogens is 304 g/mol. The van der Waals surface area contributed by atoms with Gasteiger partial charge in [0.15, 0.2) is 0 Å². The van der Waals surface area contributed by atoms with Crippen LogP contribution in [0, 0.1) is 0 Å². The van der Waals surface area contributed by atoms with Crippen LogP contribution in [0.4, 0.5) is 0 Å². The minimum absolute atomic E-state index is 0.0862. The van der Waals surface area contributed by atoms with Crippen molar-refractivity contribution in [2.45, 2.75) is 44.4 Å². The van der Waals surface area contributed by atoms with Crippen LogP contribution >= 0.6 is 0 Å². The van der Waals surface area contributed by atoms with Gasteiger partial charge in [-0.1, -0.05) is 30.3 Å². The number of β-amino-alcohol motifs (C(OH)–C–C–N with tert-alkyl or cyclic N) is 1. The fourth-order valence-electron chi connectivity index (χ4n) is 3.72. The van der Waals surface area contributed by atoms with Crippen LogP contribution in [0.25, 0.3) is 0 Å². The summed E-state index contributed by atoms with van der Waals surface area (Å²) in [5, 5.41) is 9.82. The van der Waals surface area contributed by atoms with E-state index in [4.69, 9.17) is 4.74 Å². The maximum Gasteiger partial charge on any atom is 0.248 e. The Kier molecular flexibility index (Phi) is 6.24. The Morgan fingerprint density at radius 1 is 1.12 bits per heavy atom. The molecule has 0 saturated carbocycles. The molecule has 0 aliphatic carbocycles. The molecule has 0 radical (unpaired) electrons. The molecule has 0 unspecified atom stereocenters. The van der Waals surface area contributed by atoms with Crippen LogP contribution in [-0.2, 0) is 16.1 Å². The number of carbonyl (C=O) groups excluding carboxylic acids is 1. The average molecular weight is 332 g/mol. The number of carbonyl (C=O) groups is 1. The Hall–Kier alpha value is -1.43. The fourth-order valence-corrected chi connectivity index (χ4v) is 3.72. The van der Waals surface area contributed by atoms with Crippen molar-refractivity contribution in [2.75, 3.05) is 32.8 Å². The zero-order valence-corrected chi connectivity index (χ0v) is 14.3. The lowest BCUT2D eigenvalue weighted by molar-refractivity contribution is -0.138. The van der Waals surface area contributed by atoms with Gasteiger partial charge < -0.3 is 14.7 Å². The second kappa shape index (κ2) is 8.60. The SMILES string of the molecule is O=C(COCc1ccccc1)N1CCC(N2CCC[C@@H](O)C2)CC1. The largest absolute Gasteiger partial charge is 0.392 e. The van der Waals surface area contributed by atoms with Crippen molar-refractivity contribution in [2.24, 2.45) is 0 Å². The lowest BCUT2D eigenvalue weighted by atomic mass is 9.99. The molecule has 1 aromatic rings. The summed E-state index contributed by atoms with van der Waals surface area (Å²) in [6.07, 6.45) is 3.82. The zero-order valence-electron chi connectivity index (χ0n) is 14.3. The van der Waals surface area contributed by atoms with Gasteiger partial charge in [0, 0.05) is 25.7 Å². The molecule has 5 heteroatoms. The van der Waals surface area contributed by atoms with Crippen molar-refractivity contribution in [1.29, 1.82) is 0 Å². The van der Waals surface area contributed by atoms with Gasteiger partial charge in [0.2, 0.25) is 5.91 Å². The van der Waals surface area contributed by atoms with Crippen LogP contribution < -0.4 is 0 Å². The number of nitrogens with zero attached hydrogens (tertiary/aromatic N) is 2. The summed E-state index contributed by atoms with van der Waals surface area (Å²) in [6.45, 7) is 4.10. The van der Waals surface area contributed by atoms with Crippen LogP contribution in [0.1, 0.15) is 31.2 Å². The highest BCUT2D eigenvalue weighted by Gasteiger charge is 2.29. The quantitative estimate of drug-likeness (QED) is 0.891. The Morgan fingerprint density at radius 3 is 2.58 bits per heavy atom.